The van der Waals surface area contributed by atoms with Crippen LogP contribution < -0.4 is 0 Å². The largest absolute Gasteiger partial charge is 0.483 e. The Morgan fingerprint density at radius 3 is 1.11 bits per heavy atom. The Morgan fingerprint density at radius 1 is 1.00 bits per heavy atom. The van der Waals surface area contributed by atoms with E-state index in [0.717, 1.165) is 0 Å². The first-order chi connectivity index (χ1) is 3.41. The maximum atomic E-state index is 8.36. The van der Waals surface area contributed by atoms with Crippen LogP contribution in [-0.4, -0.2) is 11.6 Å². The van der Waals surface area contributed by atoms with Crippen molar-refractivity contribution in [3.63, 3.8) is 0 Å². The molecule has 0 saturated heterocycles. The van der Waals surface area contributed by atoms with Crippen molar-refractivity contribution in [3.05, 3.63) is 0 Å². The van der Waals surface area contributed by atoms with E-state index in [0.29, 0.717) is 0 Å². The lowest BCUT2D eigenvalue weighted by Gasteiger charge is -2.05. The minimum atomic E-state index is -0.250. The summed E-state index contributed by atoms with van der Waals surface area (Å²) in [5, 5.41) is 6.89. The molecule has 1 N–H and O–H groups in total. The maximum Gasteiger partial charge on any atom is 0.290 e. The molecule has 4 heteroatoms. The molecule has 1 rings (SSSR count). The zero-order chi connectivity index (χ0) is 5.54. The molecule has 0 spiro atoms. The van der Waals surface area contributed by atoms with Gasteiger partial charge in [0.2, 0.25) is 0 Å². The van der Waals surface area contributed by atoms with E-state index in [1.54, 1.807) is 0 Å². The summed E-state index contributed by atoms with van der Waals surface area (Å²) in [6.07, 6.45) is 6.00. The van der Waals surface area contributed by atoms with E-state index in [-0.39, 0.29) is 31.3 Å². The maximum absolute atomic E-state index is 8.36. The molecule has 2 nitrogen and oxygen atoms in total. The molecule has 0 heterocycles. The molecule has 0 aromatic heterocycles. The van der Waals surface area contributed by atoms with Crippen LogP contribution in [0.2, 0.25) is 0 Å². The summed E-state index contributed by atoms with van der Waals surface area (Å²) in [7, 11) is 0. The lowest BCUT2D eigenvalue weighted by Crippen LogP contribution is -1.85. The third-order valence-corrected chi connectivity index (χ3v) is 1.000. The van der Waals surface area contributed by atoms with Gasteiger partial charge in [0.25, 0.3) is 6.47 Å². The number of carboxylic acid groups (broad SMARTS) is 1. The van der Waals surface area contributed by atoms with Gasteiger partial charge in [-0.2, -0.15) is 0 Å². The number of hydrogen-bond acceptors (Lipinski definition) is 1. The number of halogens is 2. The Balaban J connectivity index is -0.0000000680. The standard InChI is InChI=1S/C4H8.CH2O2.2ClH/c1-2-4-3-1;2-1-3;;/h1-4H2;1H,(H,2,3);2*1H. The van der Waals surface area contributed by atoms with Crippen molar-refractivity contribution >= 4 is 31.3 Å². The number of carbonyl (C=O) groups is 1. The van der Waals surface area contributed by atoms with Crippen molar-refractivity contribution in [3.8, 4) is 0 Å². The highest BCUT2D eigenvalue weighted by atomic mass is 35.5. The second-order valence-electron chi connectivity index (χ2n) is 1.52. The molecule has 1 aliphatic carbocycles. The van der Waals surface area contributed by atoms with Gasteiger partial charge in [0.15, 0.2) is 0 Å². The molecule has 0 aromatic rings. The summed E-state index contributed by atoms with van der Waals surface area (Å²) < 4.78 is 0. The molecule has 0 unspecified atom stereocenters. The van der Waals surface area contributed by atoms with Gasteiger partial charge in [-0.05, 0) is 0 Å². The summed E-state index contributed by atoms with van der Waals surface area (Å²) >= 11 is 0. The minimum Gasteiger partial charge on any atom is -0.483 e. The molecular formula is C5H12Cl2O2. The average molecular weight is 175 g/mol. The molecule has 0 bridgehead atoms. The van der Waals surface area contributed by atoms with Crippen LogP contribution >= 0.6 is 24.8 Å². The first-order valence-corrected chi connectivity index (χ1v) is 2.49. The van der Waals surface area contributed by atoms with Crippen LogP contribution in [0.25, 0.3) is 0 Å². The van der Waals surface area contributed by atoms with E-state index < -0.39 is 0 Å². The highest BCUT2D eigenvalue weighted by Crippen LogP contribution is 2.15. The van der Waals surface area contributed by atoms with Gasteiger partial charge >= 0.3 is 0 Å². The predicted octanol–water partition coefficient (Wildman–Crippen LogP) is 2.10. The average Bonchev–Trinajstić information content (AvgIpc) is 1.27. The van der Waals surface area contributed by atoms with Crippen molar-refractivity contribution in [2.75, 3.05) is 0 Å². The SMILES string of the molecule is C1CCC1.Cl.Cl.O=CO. The molecule has 1 fully saturated rings. The molecule has 58 valence electrons. The van der Waals surface area contributed by atoms with E-state index in [1.807, 2.05) is 0 Å². The zero-order valence-electron chi connectivity index (χ0n) is 5.08. The third kappa shape index (κ3) is 18.0. The molecular weight excluding hydrogens is 163 g/mol. The summed E-state index contributed by atoms with van der Waals surface area (Å²) in [5.41, 5.74) is 0. The Morgan fingerprint density at radius 2 is 1.11 bits per heavy atom. The van der Waals surface area contributed by atoms with Gasteiger partial charge in [0, 0.05) is 0 Å². The first kappa shape index (κ1) is 16.0. The highest BCUT2D eigenvalue weighted by molar-refractivity contribution is 5.85. The van der Waals surface area contributed by atoms with Gasteiger partial charge in [-0.1, -0.05) is 25.7 Å². The van der Waals surface area contributed by atoms with Gasteiger partial charge in [-0.25, -0.2) is 0 Å². The zero-order valence-corrected chi connectivity index (χ0v) is 6.71. The second-order valence-corrected chi connectivity index (χ2v) is 1.52. The summed E-state index contributed by atoms with van der Waals surface area (Å²) in [4.78, 5) is 8.36. The topological polar surface area (TPSA) is 37.3 Å². The Kier molecular flexibility index (Phi) is 27.9. The van der Waals surface area contributed by atoms with Crippen LogP contribution in [0.3, 0.4) is 0 Å². The number of rotatable bonds is 0. The fraction of sp³-hybridized carbons (Fsp3) is 0.800. The Labute approximate surface area is 67.5 Å². The molecule has 0 radical (unpaired) electrons. The van der Waals surface area contributed by atoms with Gasteiger partial charge in [0.05, 0.1) is 0 Å². The van der Waals surface area contributed by atoms with Crippen LogP contribution in [0.5, 0.6) is 0 Å². The monoisotopic (exact) mass is 174 g/mol. The predicted molar refractivity (Wildman–Crippen MR) is 41.7 cm³/mol. The minimum absolute atomic E-state index is 0. The lowest BCUT2D eigenvalue weighted by molar-refractivity contribution is -0.122. The summed E-state index contributed by atoms with van der Waals surface area (Å²) in [5.74, 6) is 0. The Hall–Kier alpha value is 0.0500. The lowest BCUT2D eigenvalue weighted by atomic mass is 10.0. The van der Waals surface area contributed by atoms with Crippen molar-refractivity contribution in [1.82, 2.24) is 0 Å². The van der Waals surface area contributed by atoms with Gasteiger partial charge in [-0.15, -0.1) is 24.8 Å². The van der Waals surface area contributed by atoms with E-state index in [9.17, 15) is 0 Å². The van der Waals surface area contributed by atoms with E-state index in [2.05, 4.69) is 0 Å². The molecule has 9 heavy (non-hydrogen) atoms. The Bertz CT molecular complexity index is 42.2. The van der Waals surface area contributed by atoms with Crippen molar-refractivity contribution in [2.24, 2.45) is 0 Å². The molecule has 1 aliphatic rings. The normalized spacial score (nSPS) is 12.0. The van der Waals surface area contributed by atoms with Crippen molar-refractivity contribution < 1.29 is 9.90 Å². The van der Waals surface area contributed by atoms with Crippen LogP contribution in [0, 0.1) is 0 Å². The van der Waals surface area contributed by atoms with Gasteiger partial charge in [-0.3, -0.25) is 4.79 Å². The van der Waals surface area contributed by atoms with Crippen LogP contribution in [0.4, 0.5) is 0 Å². The van der Waals surface area contributed by atoms with Gasteiger partial charge in [0.1, 0.15) is 0 Å². The van der Waals surface area contributed by atoms with Gasteiger partial charge < -0.3 is 5.11 Å². The smallest absolute Gasteiger partial charge is 0.290 e. The molecule has 0 aromatic carbocycles. The van der Waals surface area contributed by atoms with Crippen molar-refractivity contribution in [1.29, 1.82) is 0 Å². The second kappa shape index (κ2) is 15.7. The van der Waals surface area contributed by atoms with Crippen LogP contribution in [0.15, 0.2) is 0 Å². The van der Waals surface area contributed by atoms with E-state index in [4.69, 9.17) is 9.90 Å². The molecule has 1 saturated carbocycles. The molecule has 0 atom stereocenters. The quantitative estimate of drug-likeness (QED) is 0.572. The summed E-state index contributed by atoms with van der Waals surface area (Å²) in [6.45, 7) is -0.250. The van der Waals surface area contributed by atoms with Crippen molar-refractivity contribution in [2.45, 2.75) is 25.7 Å². The third-order valence-electron chi connectivity index (χ3n) is 1.000. The summed E-state index contributed by atoms with van der Waals surface area (Å²) in [6, 6.07) is 0. The van der Waals surface area contributed by atoms with Crippen LogP contribution in [0.1, 0.15) is 25.7 Å². The van der Waals surface area contributed by atoms with Crippen LogP contribution in [-0.2, 0) is 4.79 Å². The molecule has 0 amide bonds. The first-order valence-electron chi connectivity index (χ1n) is 2.49. The number of hydrogen-bond donors (Lipinski definition) is 1. The highest BCUT2D eigenvalue weighted by Gasteiger charge is 1.95. The van der Waals surface area contributed by atoms with E-state index >= 15 is 0 Å². The molecule has 0 aliphatic heterocycles. The fourth-order valence-electron chi connectivity index (χ4n) is 0.250. The fourth-order valence-corrected chi connectivity index (χ4v) is 0.250. The van der Waals surface area contributed by atoms with E-state index in [1.165, 1.54) is 25.7 Å².